The summed E-state index contributed by atoms with van der Waals surface area (Å²) in [5.41, 5.74) is 1.69. The Balaban J connectivity index is 1.72. The van der Waals surface area contributed by atoms with Gasteiger partial charge in [-0.1, -0.05) is 6.07 Å². The van der Waals surface area contributed by atoms with Crippen molar-refractivity contribution >= 4 is 11.4 Å². The molecule has 24 heavy (non-hydrogen) atoms. The lowest BCUT2D eigenvalue weighted by molar-refractivity contribution is -0.384. The number of anilines is 1. The van der Waals surface area contributed by atoms with Gasteiger partial charge in [0.15, 0.2) is 0 Å². The number of piperidine rings is 1. The summed E-state index contributed by atoms with van der Waals surface area (Å²) in [5.74, 6) is 0.793. The Morgan fingerprint density at radius 1 is 1.38 bits per heavy atom. The van der Waals surface area contributed by atoms with E-state index < -0.39 is 6.10 Å². The van der Waals surface area contributed by atoms with Crippen LogP contribution in [0.1, 0.15) is 30.3 Å². The molecule has 0 aliphatic carbocycles. The summed E-state index contributed by atoms with van der Waals surface area (Å²) in [4.78, 5) is 17.3. The zero-order valence-electron chi connectivity index (χ0n) is 13.9. The number of nitro groups is 1. The fourth-order valence-corrected chi connectivity index (χ4v) is 3.38. The van der Waals surface area contributed by atoms with Gasteiger partial charge in [-0.25, -0.2) is 4.98 Å². The highest BCUT2D eigenvalue weighted by molar-refractivity contribution is 5.64. The second-order valence-corrected chi connectivity index (χ2v) is 6.41. The Hall–Kier alpha value is -2.41. The number of benzene rings is 1. The number of aliphatic hydroxyl groups is 1. The van der Waals surface area contributed by atoms with E-state index in [1.807, 2.05) is 41.8 Å². The van der Waals surface area contributed by atoms with E-state index in [4.69, 9.17) is 0 Å². The monoisotopic (exact) mass is 330 g/mol. The Morgan fingerprint density at radius 3 is 2.67 bits per heavy atom. The van der Waals surface area contributed by atoms with Crippen LogP contribution in [0.2, 0.25) is 0 Å². The van der Waals surface area contributed by atoms with E-state index in [0.29, 0.717) is 24.6 Å². The fourth-order valence-electron chi connectivity index (χ4n) is 3.38. The van der Waals surface area contributed by atoms with E-state index in [1.165, 1.54) is 0 Å². The lowest BCUT2D eigenvalue weighted by atomic mass is 9.90. The molecule has 1 aliphatic rings. The summed E-state index contributed by atoms with van der Waals surface area (Å²) in [6.07, 6.45) is 4.46. The molecule has 0 bridgehead atoms. The predicted octanol–water partition coefficient (Wildman–Crippen LogP) is 2.59. The predicted molar refractivity (Wildman–Crippen MR) is 90.9 cm³/mol. The van der Waals surface area contributed by atoms with E-state index in [2.05, 4.69) is 4.98 Å². The molecule has 2 aromatic rings. The normalized spacial score (nSPS) is 17.0. The molecule has 128 valence electrons. The Kier molecular flexibility index (Phi) is 4.53. The van der Waals surface area contributed by atoms with Crippen LogP contribution in [0, 0.1) is 23.0 Å². The van der Waals surface area contributed by atoms with Gasteiger partial charge in [0.1, 0.15) is 17.6 Å². The molecule has 0 spiro atoms. The van der Waals surface area contributed by atoms with Crippen molar-refractivity contribution < 1.29 is 10.0 Å². The van der Waals surface area contributed by atoms with Crippen LogP contribution in [-0.4, -0.2) is 32.7 Å². The highest BCUT2D eigenvalue weighted by Crippen LogP contribution is 2.35. The van der Waals surface area contributed by atoms with E-state index in [0.717, 1.165) is 18.4 Å². The van der Waals surface area contributed by atoms with Gasteiger partial charge in [-0.05, 0) is 37.3 Å². The zero-order valence-corrected chi connectivity index (χ0v) is 13.9. The molecule has 1 aliphatic heterocycles. The number of nitrogens with zero attached hydrogens (tertiary/aromatic N) is 4. The third-order valence-corrected chi connectivity index (χ3v) is 4.78. The Morgan fingerprint density at radius 2 is 2.08 bits per heavy atom. The maximum atomic E-state index is 11.3. The smallest absolute Gasteiger partial charge is 0.292 e. The molecule has 1 atom stereocenters. The van der Waals surface area contributed by atoms with Gasteiger partial charge in [-0.15, -0.1) is 0 Å². The van der Waals surface area contributed by atoms with Crippen LogP contribution >= 0.6 is 0 Å². The number of nitro benzene ring substituents is 1. The zero-order chi connectivity index (χ0) is 17.3. The molecule has 1 N–H and O–H groups in total. The van der Waals surface area contributed by atoms with Gasteiger partial charge in [0, 0.05) is 38.6 Å². The second-order valence-electron chi connectivity index (χ2n) is 6.41. The summed E-state index contributed by atoms with van der Waals surface area (Å²) >= 11 is 0. The molecule has 0 radical (unpaired) electrons. The minimum absolute atomic E-state index is 0.117. The quantitative estimate of drug-likeness (QED) is 0.688. The van der Waals surface area contributed by atoms with Crippen LogP contribution in [0.25, 0.3) is 0 Å². The minimum Gasteiger partial charge on any atom is -0.385 e. The Labute approximate surface area is 140 Å². The second kappa shape index (κ2) is 6.60. The number of rotatable bonds is 4. The van der Waals surface area contributed by atoms with Crippen molar-refractivity contribution in [3.8, 4) is 0 Å². The minimum atomic E-state index is -0.597. The summed E-state index contributed by atoms with van der Waals surface area (Å²) in [5, 5.41) is 21.9. The first-order valence-corrected chi connectivity index (χ1v) is 8.12. The van der Waals surface area contributed by atoms with Crippen LogP contribution in [0.4, 0.5) is 11.4 Å². The van der Waals surface area contributed by atoms with E-state index >= 15 is 0 Å². The number of imidazole rings is 1. The van der Waals surface area contributed by atoms with Gasteiger partial charge < -0.3 is 14.6 Å². The van der Waals surface area contributed by atoms with Gasteiger partial charge >= 0.3 is 0 Å². The largest absolute Gasteiger partial charge is 0.385 e. The molecule has 0 amide bonds. The first kappa shape index (κ1) is 16.4. The summed E-state index contributed by atoms with van der Waals surface area (Å²) < 4.78 is 1.84. The van der Waals surface area contributed by atoms with E-state index in [1.54, 1.807) is 12.3 Å². The number of hydrogen-bond acceptors (Lipinski definition) is 5. The van der Waals surface area contributed by atoms with Crippen molar-refractivity contribution in [1.82, 2.24) is 9.55 Å². The number of aromatic nitrogens is 2. The molecule has 0 unspecified atom stereocenters. The SMILES string of the molecule is Cc1ccc(N2CCC([C@H](O)c3nccn3C)CC2)c([N+](=O)[O-])c1. The Bertz CT molecular complexity index is 735. The van der Waals surface area contributed by atoms with Crippen LogP contribution in [0.5, 0.6) is 0 Å². The van der Waals surface area contributed by atoms with Crippen molar-refractivity contribution in [2.75, 3.05) is 18.0 Å². The lowest BCUT2D eigenvalue weighted by Gasteiger charge is -2.35. The molecule has 2 heterocycles. The first-order chi connectivity index (χ1) is 11.5. The number of hydrogen-bond donors (Lipinski definition) is 1. The summed E-state index contributed by atoms with van der Waals surface area (Å²) in [7, 11) is 1.87. The van der Waals surface area contributed by atoms with Crippen LogP contribution < -0.4 is 4.90 Å². The average Bonchev–Trinajstić information content (AvgIpc) is 3.00. The summed E-state index contributed by atoms with van der Waals surface area (Å²) in [6.45, 7) is 3.23. The van der Waals surface area contributed by atoms with Crippen molar-refractivity contribution in [2.24, 2.45) is 13.0 Å². The average molecular weight is 330 g/mol. The summed E-state index contributed by atoms with van der Waals surface area (Å²) in [6, 6.07) is 5.34. The van der Waals surface area contributed by atoms with Crippen molar-refractivity contribution in [3.05, 3.63) is 52.1 Å². The molecule has 3 rings (SSSR count). The maximum Gasteiger partial charge on any atom is 0.292 e. The molecule has 1 fully saturated rings. The lowest BCUT2D eigenvalue weighted by Crippen LogP contribution is -2.36. The van der Waals surface area contributed by atoms with Gasteiger partial charge in [-0.3, -0.25) is 10.1 Å². The molecule has 1 saturated heterocycles. The van der Waals surface area contributed by atoms with Crippen molar-refractivity contribution in [1.29, 1.82) is 0 Å². The molecular formula is C17H22N4O3. The van der Waals surface area contributed by atoms with Crippen LogP contribution in [0.15, 0.2) is 30.6 Å². The number of aliphatic hydroxyl groups excluding tert-OH is 1. The van der Waals surface area contributed by atoms with Gasteiger partial charge in [-0.2, -0.15) is 0 Å². The third kappa shape index (κ3) is 3.12. The first-order valence-electron chi connectivity index (χ1n) is 8.12. The van der Waals surface area contributed by atoms with Gasteiger partial charge in [0.2, 0.25) is 0 Å². The van der Waals surface area contributed by atoms with Crippen LogP contribution in [-0.2, 0) is 7.05 Å². The molecular weight excluding hydrogens is 308 g/mol. The van der Waals surface area contributed by atoms with Gasteiger partial charge in [0.25, 0.3) is 5.69 Å². The highest BCUT2D eigenvalue weighted by atomic mass is 16.6. The third-order valence-electron chi connectivity index (χ3n) is 4.78. The van der Waals surface area contributed by atoms with E-state index in [-0.39, 0.29) is 16.5 Å². The molecule has 1 aromatic carbocycles. The molecule has 0 saturated carbocycles. The maximum absolute atomic E-state index is 11.3. The van der Waals surface area contributed by atoms with E-state index in [9.17, 15) is 15.2 Å². The highest BCUT2D eigenvalue weighted by Gasteiger charge is 2.30. The topological polar surface area (TPSA) is 84.4 Å². The van der Waals surface area contributed by atoms with Gasteiger partial charge in [0.05, 0.1) is 4.92 Å². The molecule has 7 nitrogen and oxygen atoms in total. The fraction of sp³-hybridized carbons (Fsp3) is 0.471. The molecule has 7 heteroatoms. The van der Waals surface area contributed by atoms with Crippen molar-refractivity contribution in [3.63, 3.8) is 0 Å². The number of aryl methyl sites for hydroxylation is 2. The van der Waals surface area contributed by atoms with Crippen LogP contribution in [0.3, 0.4) is 0 Å². The van der Waals surface area contributed by atoms with Crippen molar-refractivity contribution in [2.45, 2.75) is 25.9 Å². The standard InChI is InChI=1S/C17H22N4O3/c1-12-3-4-14(15(11-12)21(23)24)20-8-5-13(6-9-20)16(22)17-18-7-10-19(17)2/h3-4,7,10-11,13,16,22H,5-6,8-9H2,1-2H3/t16-/m0/s1. The molecule has 1 aromatic heterocycles.